The van der Waals surface area contributed by atoms with Gasteiger partial charge in [-0.2, -0.15) is 0 Å². The predicted octanol–water partition coefficient (Wildman–Crippen LogP) is 15.5. The third-order valence-electron chi connectivity index (χ3n) is 12.0. The molecule has 0 aliphatic carbocycles. The van der Waals surface area contributed by atoms with E-state index in [2.05, 4.69) is 62.5 Å². The Labute approximate surface area is 408 Å². The van der Waals surface area contributed by atoms with Gasteiger partial charge in [0.1, 0.15) is 19.3 Å². The first-order chi connectivity index (χ1) is 31.9. The van der Waals surface area contributed by atoms with Crippen LogP contribution < -0.4 is 10.2 Å². The maximum absolute atomic E-state index is 13.4. The van der Waals surface area contributed by atoms with Gasteiger partial charge in [0.2, 0.25) is 5.91 Å². The van der Waals surface area contributed by atoms with E-state index in [0.717, 1.165) is 96.3 Å². The molecule has 0 radical (unpaired) electrons. The van der Waals surface area contributed by atoms with Gasteiger partial charge in [0.05, 0.1) is 33.8 Å². The molecular weight excluding hydrogens is 844 g/mol. The number of quaternary nitrogens is 1. The number of amides is 1. The van der Waals surface area contributed by atoms with Gasteiger partial charge in [-0.1, -0.05) is 198 Å². The van der Waals surface area contributed by atoms with Gasteiger partial charge in [0.25, 0.3) is 7.82 Å². The van der Waals surface area contributed by atoms with Crippen molar-refractivity contribution < 1.29 is 37.3 Å². The van der Waals surface area contributed by atoms with Gasteiger partial charge in [0.15, 0.2) is 0 Å². The summed E-state index contributed by atoms with van der Waals surface area (Å²) in [4.78, 5) is 39.7. The molecule has 0 aliphatic heterocycles. The molecule has 0 spiro atoms. The van der Waals surface area contributed by atoms with Crippen molar-refractivity contribution in [3.8, 4) is 0 Å². The van der Waals surface area contributed by atoms with Gasteiger partial charge in [-0.05, 0) is 83.1 Å². The normalized spacial score (nSPS) is 14.2. The molecular formula is C56H105N2O7P. The summed E-state index contributed by atoms with van der Waals surface area (Å²) in [5.41, 5.74) is 0. The first kappa shape index (κ1) is 64.0. The summed E-state index contributed by atoms with van der Waals surface area (Å²) < 4.78 is 30.1. The molecule has 0 aromatic heterocycles. The summed E-state index contributed by atoms with van der Waals surface area (Å²) in [6.07, 6.45) is 55.0. The summed E-state index contributed by atoms with van der Waals surface area (Å²) >= 11 is 0. The lowest BCUT2D eigenvalue weighted by atomic mass is 10.1. The number of carbonyl (C=O) groups is 2. The van der Waals surface area contributed by atoms with Gasteiger partial charge in [-0.25, -0.2) is 0 Å². The average molecular weight is 949 g/mol. The molecule has 9 nitrogen and oxygen atoms in total. The zero-order valence-electron chi connectivity index (χ0n) is 43.9. The Kier molecular flexibility index (Phi) is 45.3. The first-order valence-electron chi connectivity index (χ1n) is 27.5. The molecule has 0 heterocycles. The fraction of sp³-hybridized carbons (Fsp3) is 0.821. The first-order valence-corrected chi connectivity index (χ1v) is 28.9. The van der Waals surface area contributed by atoms with E-state index in [-0.39, 0.29) is 24.9 Å². The molecule has 0 aromatic carbocycles. The van der Waals surface area contributed by atoms with Crippen LogP contribution in [0, 0.1) is 0 Å². The molecule has 3 atom stereocenters. The van der Waals surface area contributed by atoms with Crippen molar-refractivity contribution in [3.63, 3.8) is 0 Å². The molecule has 0 saturated carbocycles. The molecule has 1 amide bonds. The summed E-state index contributed by atoms with van der Waals surface area (Å²) in [6, 6.07) is -0.897. The average Bonchev–Trinajstić information content (AvgIpc) is 3.27. The molecule has 0 bridgehead atoms. The number of likely N-dealkylation sites (N-methyl/N-ethyl adjacent to an activating group) is 1. The smallest absolute Gasteiger partial charge is 0.306 e. The SMILES string of the molecule is CCCCC/C=C/C=C/CCCCCCCCC(=O)NC(COP(=O)([O-])OCC[N+](C)(C)C)C(/C=C/CCCCCCCCCCC)OC(=O)CCCCC/C=C\CCCCCCCCC. The number of nitrogens with one attached hydrogen (secondary N) is 1. The quantitative estimate of drug-likeness (QED) is 0.0161. The third-order valence-corrected chi connectivity index (χ3v) is 13.0. The van der Waals surface area contributed by atoms with Crippen molar-refractivity contribution in [1.29, 1.82) is 0 Å². The van der Waals surface area contributed by atoms with E-state index in [1.54, 1.807) is 0 Å². The molecule has 0 fully saturated rings. The van der Waals surface area contributed by atoms with Crippen molar-refractivity contribution in [3.05, 3.63) is 48.6 Å². The Hall–Kier alpha value is -2.03. The molecule has 386 valence electrons. The molecule has 66 heavy (non-hydrogen) atoms. The molecule has 0 aliphatic rings. The Morgan fingerprint density at radius 3 is 1.42 bits per heavy atom. The van der Waals surface area contributed by atoms with E-state index < -0.39 is 26.6 Å². The van der Waals surface area contributed by atoms with Crippen molar-refractivity contribution in [1.82, 2.24) is 5.32 Å². The van der Waals surface area contributed by atoms with E-state index in [9.17, 15) is 19.0 Å². The Morgan fingerprint density at radius 1 is 0.530 bits per heavy atom. The lowest BCUT2D eigenvalue weighted by Crippen LogP contribution is -2.47. The Bertz CT molecular complexity index is 1280. The highest BCUT2D eigenvalue weighted by Gasteiger charge is 2.27. The molecule has 0 aromatic rings. The van der Waals surface area contributed by atoms with E-state index in [4.69, 9.17) is 13.8 Å². The number of nitrogens with zero attached hydrogens (tertiary/aromatic N) is 1. The maximum Gasteiger partial charge on any atom is 0.306 e. The van der Waals surface area contributed by atoms with Crippen LogP contribution in [0.1, 0.15) is 245 Å². The van der Waals surface area contributed by atoms with Gasteiger partial charge in [-0.3, -0.25) is 14.2 Å². The number of esters is 1. The zero-order chi connectivity index (χ0) is 48.7. The zero-order valence-corrected chi connectivity index (χ0v) is 44.8. The summed E-state index contributed by atoms with van der Waals surface area (Å²) in [5.74, 6) is -0.572. The van der Waals surface area contributed by atoms with Crippen LogP contribution in [0.15, 0.2) is 48.6 Å². The van der Waals surface area contributed by atoms with Crippen LogP contribution in [0.3, 0.4) is 0 Å². The summed E-state index contributed by atoms with van der Waals surface area (Å²) in [7, 11) is 1.17. The molecule has 1 N–H and O–H groups in total. The third kappa shape index (κ3) is 47.1. The van der Waals surface area contributed by atoms with Gasteiger partial charge in [-0.15, -0.1) is 0 Å². The number of hydrogen-bond acceptors (Lipinski definition) is 7. The number of rotatable bonds is 49. The standard InChI is InChI=1S/C56H105N2O7P/c1-7-10-13-16-19-22-25-27-29-30-33-36-39-42-45-48-55(59)57-53(52-64-66(61,62)63-51-50-58(4,5)6)54(47-44-41-38-35-32-24-21-18-15-12-9-3)65-56(60)49-46-43-40-37-34-31-28-26-23-20-17-14-11-8-2/h19,22,25,27,31,34,44,47,53-54H,7-18,20-21,23-24,26,28-30,32-33,35-43,45-46,48-52H2,1-6H3,(H-,57,59,61,62)/b22-19+,27-25+,34-31-,47-44+. The van der Waals surface area contributed by atoms with Crippen LogP contribution in [-0.2, 0) is 27.9 Å². The molecule has 3 unspecified atom stereocenters. The Morgan fingerprint density at radius 2 is 0.924 bits per heavy atom. The second-order valence-electron chi connectivity index (χ2n) is 19.8. The lowest BCUT2D eigenvalue weighted by Gasteiger charge is -2.30. The van der Waals surface area contributed by atoms with E-state index in [1.165, 1.54) is 109 Å². The van der Waals surface area contributed by atoms with Crippen molar-refractivity contribution in [2.24, 2.45) is 0 Å². The largest absolute Gasteiger partial charge is 0.756 e. The second kappa shape index (κ2) is 46.7. The topological polar surface area (TPSA) is 114 Å². The van der Waals surface area contributed by atoms with Crippen LogP contribution in [0.25, 0.3) is 0 Å². The van der Waals surface area contributed by atoms with Crippen molar-refractivity contribution >= 4 is 19.7 Å². The van der Waals surface area contributed by atoms with Crippen LogP contribution in [0.5, 0.6) is 0 Å². The van der Waals surface area contributed by atoms with Crippen LogP contribution >= 0.6 is 7.82 Å². The molecule has 0 rings (SSSR count). The number of ether oxygens (including phenoxy) is 1. The second-order valence-corrected chi connectivity index (χ2v) is 21.2. The number of carbonyl (C=O) groups excluding carboxylic acids is 2. The van der Waals surface area contributed by atoms with Gasteiger partial charge < -0.3 is 28.5 Å². The van der Waals surface area contributed by atoms with E-state index in [1.807, 2.05) is 33.3 Å². The van der Waals surface area contributed by atoms with E-state index in [0.29, 0.717) is 23.9 Å². The number of phosphoric ester groups is 1. The van der Waals surface area contributed by atoms with Crippen LogP contribution in [0.4, 0.5) is 0 Å². The summed E-state index contributed by atoms with van der Waals surface area (Å²) in [6.45, 7) is 6.78. The number of unbranched alkanes of at least 4 members (excludes halogenated alkanes) is 28. The van der Waals surface area contributed by atoms with Crippen molar-refractivity contribution in [2.75, 3.05) is 40.9 Å². The van der Waals surface area contributed by atoms with Gasteiger partial charge in [0, 0.05) is 12.8 Å². The number of allylic oxidation sites excluding steroid dienone is 7. The highest BCUT2D eigenvalue weighted by Crippen LogP contribution is 2.38. The highest BCUT2D eigenvalue weighted by molar-refractivity contribution is 7.45. The highest BCUT2D eigenvalue weighted by atomic mass is 31.2. The lowest BCUT2D eigenvalue weighted by molar-refractivity contribution is -0.870. The summed E-state index contributed by atoms with van der Waals surface area (Å²) in [5, 5.41) is 3.00. The monoisotopic (exact) mass is 949 g/mol. The fourth-order valence-electron chi connectivity index (χ4n) is 7.68. The molecule has 0 saturated heterocycles. The minimum atomic E-state index is -4.69. The van der Waals surface area contributed by atoms with Crippen LogP contribution in [0.2, 0.25) is 0 Å². The van der Waals surface area contributed by atoms with Crippen LogP contribution in [-0.4, -0.2) is 69.4 Å². The predicted molar refractivity (Wildman–Crippen MR) is 279 cm³/mol. The minimum Gasteiger partial charge on any atom is -0.756 e. The molecule has 10 heteroatoms. The van der Waals surface area contributed by atoms with E-state index >= 15 is 0 Å². The number of phosphoric acid groups is 1. The number of hydrogen-bond donors (Lipinski definition) is 1. The fourth-order valence-corrected chi connectivity index (χ4v) is 8.41. The Balaban J connectivity index is 5.41. The van der Waals surface area contributed by atoms with Crippen molar-refractivity contribution in [2.45, 2.75) is 258 Å². The maximum atomic E-state index is 13.4. The minimum absolute atomic E-state index is 0.0272. The van der Waals surface area contributed by atoms with Gasteiger partial charge >= 0.3 is 5.97 Å².